The summed E-state index contributed by atoms with van der Waals surface area (Å²) in [7, 11) is 0. The van der Waals surface area contributed by atoms with Gasteiger partial charge in [0, 0.05) is 16.9 Å². The average molecular weight is 602 g/mol. The molecule has 0 bridgehead atoms. The molecule has 47 heavy (non-hydrogen) atoms. The second-order valence-corrected chi connectivity index (χ2v) is 12.4. The molecule has 3 heteroatoms. The lowest BCUT2D eigenvalue weighted by molar-refractivity contribution is 0.659. The van der Waals surface area contributed by atoms with Gasteiger partial charge in [-0.1, -0.05) is 109 Å². The van der Waals surface area contributed by atoms with Gasteiger partial charge in [0.15, 0.2) is 0 Å². The largest absolute Gasteiger partial charge is 0.456 e. The lowest BCUT2D eigenvalue weighted by atomic mass is 9.70. The van der Waals surface area contributed by atoms with Crippen LogP contribution in [0.25, 0.3) is 44.2 Å². The van der Waals surface area contributed by atoms with Crippen LogP contribution in [0, 0.1) is 0 Å². The highest BCUT2D eigenvalue weighted by molar-refractivity contribution is 6.03. The molecular weight excluding hydrogens is 574 g/mol. The zero-order chi connectivity index (χ0) is 31.1. The van der Waals surface area contributed by atoms with Crippen molar-refractivity contribution in [2.75, 3.05) is 4.90 Å². The van der Waals surface area contributed by atoms with Crippen molar-refractivity contribution in [3.05, 3.63) is 196 Å². The van der Waals surface area contributed by atoms with Crippen molar-refractivity contribution in [1.82, 2.24) is 0 Å². The van der Waals surface area contributed by atoms with Crippen molar-refractivity contribution in [2.45, 2.75) is 5.41 Å². The molecule has 2 aliphatic carbocycles. The van der Waals surface area contributed by atoms with Gasteiger partial charge >= 0.3 is 0 Å². The number of rotatable bonds is 3. The molecule has 7 aromatic carbocycles. The van der Waals surface area contributed by atoms with Crippen molar-refractivity contribution in [2.24, 2.45) is 0 Å². The summed E-state index contributed by atoms with van der Waals surface area (Å²) < 4.78 is 6.40. The Kier molecular flexibility index (Phi) is 5.35. The average Bonchev–Trinajstić information content (AvgIpc) is 3.59. The first-order chi connectivity index (χ1) is 23.2. The third kappa shape index (κ3) is 3.43. The molecule has 0 saturated heterocycles. The second-order valence-electron chi connectivity index (χ2n) is 12.4. The number of hydrogen-bond acceptors (Lipinski definition) is 3. The van der Waals surface area contributed by atoms with E-state index in [1.54, 1.807) is 0 Å². The Balaban J connectivity index is 1.34. The predicted octanol–water partition coefficient (Wildman–Crippen LogP) is 10.8. The Hall–Kier alpha value is -6.19. The van der Waals surface area contributed by atoms with Crippen molar-refractivity contribution >= 4 is 39.0 Å². The van der Waals surface area contributed by atoms with Gasteiger partial charge < -0.3 is 9.32 Å². The first kappa shape index (κ1) is 26.1. The summed E-state index contributed by atoms with van der Waals surface area (Å²) >= 11 is 0. The van der Waals surface area contributed by atoms with Crippen LogP contribution >= 0.6 is 0 Å². The third-order valence-electron chi connectivity index (χ3n) is 10.1. The quantitative estimate of drug-likeness (QED) is 0.189. The van der Waals surface area contributed by atoms with E-state index in [0.717, 1.165) is 33.8 Å². The fraction of sp³-hybridized carbons (Fsp3) is 0.0227. The van der Waals surface area contributed by atoms with E-state index in [1.807, 2.05) is 24.3 Å². The van der Waals surface area contributed by atoms with Gasteiger partial charge in [0.05, 0.1) is 21.9 Å². The van der Waals surface area contributed by atoms with E-state index in [0.29, 0.717) is 21.9 Å². The monoisotopic (exact) mass is 601 g/mol. The van der Waals surface area contributed by atoms with Gasteiger partial charge in [0.1, 0.15) is 11.2 Å². The molecule has 0 amide bonds. The Morgan fingerprint density at radius 1 is 0.447 bits per heavy atom. The SMILES string of the molecule is O=c1c2ccccc2oc2cc3c(cc12)C1(c2ccccc2-3)c2ccccc2-c2c(N(c3ccccc3)c3ccccc3)cccc21. The molecule has 2 aliphatic rings. The molecule has 0 fully saturated rings. The van der Waals surface area contributed by atoms with E-state index in [1.165, 1.54) is 27.8 Å². The van der Waals surface area contributed by atoms with E-state index in [2.05, 4.69) is 144 Å². The van der Waals surface area contributed by atoms with Gasteiger partial charge in [0.2, 0.25) is 5.43 Å². The van der Waals surface area contributed by atoms with Crippen LogP contribution in [-0.2, 0) is 5.41 Å². The van der Waals surface area contributed by atoms with E-state index >= 15 is 0 Å². The maximum absolute atomic E-state index is 14.0. The maximum atomic E-state index is 14.0. The van der Waals surface area contributed by atoms with Gasteiger partial charge in [0.25, 0.3) is 0 Å². The molecule has 10 rings (SSSR count). The Morgan fingerprint density at radius 3 is 1.79 bits per heavy atom. The smallest absolute Gasteiger partial charge is 0.200 e. The molecule has 1 heterocycles. The summed E-state index contributed by atoms with van der Waals surface area (Å²) in [4.78, 5) is 16.4. The summed E-state index contributed by atoms with van der Waals surface area (Å²) in [5.41, 5.74) is 13.3. The number of para-hydroxylation sites is 3. The summed E-state index contributed by atoms with van der Waals surface area (Å²) in [6.45, 7) is 0. The number of benzene rings is 7. The number of hydrogen-bond donors (Lipinski definition) is 0. The van der Waals surface area contributed by atoms with Crippen LogP contribution in [0.4, 0.5) is 17.1 Å². The highest BCUT2D eigenvalue weighted by Crippen LogP contribution is 2.65. The number of fused-ring (bicyclic) bond motifs is 12. The highest BCUT2D eigenvalue weighted by Gasteiger charge is 2.52. The summed E-state index contributed by atoms with van der Waals surface area (Å²) in [5, 5.41) is 1.20. The molecule has 1 atom stereocenters. The zero-order valence-corrected chi connectivity index (χ0v) is 25.4. The van der Waals surface area contributed by atoms with Crippen molar-refractivity contribution in [1.29, 1.82) is 0 Å². The predicted molar refractivity (Wildman–Crippen MR) is 191 cm³/mol. The van der Waals surface area contributed by atoms with Crippen LogP contribution in [0.5, 0.6) is 0 Å². The first-order valence-corrected chi connectivity index (χ1v) is 16.0. The minimum Gasteiger partial charge on any atom is -0.456 e. The van der Waals surface area contributed by atoms with Crippen molar-refractivity contribution < 1.29 is 4.42 Å². The molecular formula is C44H27NO2. The molecule has 1 spiro atoms. The zero-order valence-electron chi connectivity index (χ0n) is 25.4. The normalized spacial score (nSPS) is 15.4. The fourth-order valence-corrected chi connectivity index (χ4v) is 8.23. The first-order valence-electron chi connectivity index (χ1n) is 16.0. The molecule has 0 N–H and O–H groups in total. The van der Waals surface area contributed by atoms with Crippen molar-refractivity contribution in [3.63, 3.8) is 0 Å². The summed E-state index contributed by atoms with van der Waals surface area (Å²) in [5.74, 6) is 0. The molecule has 220 valence electrons. The topological polar surface area (TPSA) is 33.5 Å². The second kappa shape index (κ2) is 9.65. The Morgan fingerprint density at radius 2 is 1.04 bits per heavy atom. The standard InChI is InChI=1S/C44H27NO2/c46-43-32-20-9-12-25-40(32)47-41-27-33-30-18-7-10-21-35(30)44(38(33)26-34(41)43)36-22-11-8-19-31(36)42-37(44)23-13-24-39(42)45(28-14-3-1-4-15-28)29-16-5-2-6-17-29/h1-27H. The van der Waals surface area contributed by atoms with Crippen LogP contribution in [-0.4, -0.2) is 0 Å². The molecule has 0 aliphatic heterocycles. The van der Waals surface area contributed by atoms with E-state index in [-0.39, 0.29) is 5.43 Å². The van der Waals surface area contributed by atoms with Crippen LogP contribution in [0.15, 0.2) is 173 Å². The third-order valence-corrected chi connectivity index (χ3v) is 10.1. The summed E-state index contributed by atoms with van der Waals surface area (Å²) in [6.07, 6.45) is 0. The summed E-state index contributed by atoms with van der Waals surface area (Å²) in [6, 6.07) is 57.1. The number of anilines is 3. The van der Waals surface area contributed by atoms with Gasteiger partial charge in [-0.15, -0.1) is 0 Å². The van der Waals surface area contributed by atoms with E-state index in [9.17, 15) is 4.79 Å². The fourth-order valence-electron chi connectivity index (χ4n) is 8.23. The van der Waals surface area contributed by atoms with Crippen LogP contribution in [0.1, 0.15) is 22.3 Å². The van der Waals surface area contributed by atoms with E-state index < -0.39 is 5.41 Å². The lowest BCUT2D eigenvalue weighted by Gasteiger charge is -2.32. The minimum atomic E-state index is -0.612. The molecule has 8 aromatic rings. The molecule has 0 saturated carbocycles. The molecule has 0 radical (unpaired) electrons. The van der Waals surface area contributed by atoms with Gasteiger partial charge in [-0.3, -0.25) is 4.79 Å². The van der Waals surface area contributed by atoms with Gasteiger partial charge in [-0.25, -0.2) is 0 Å². The Bertz CT molecular complexity index is 2560. The maximum Gasteiger partial charge on any atom is 0.200 e. The van der Waals surface area contributed by atoms with Gasteiger partial charge in [-0.2, -0.15) is 0 Å². The molecule has 1 aromatic heterocycles. The Labute approximate surface area is 271 Å². The van der Waals surface area contributed by atoms with E-state index in [4.69, 9.17) is 4.42 Å². The molecule has 1 unspecified atom stereocenters. The van der Waals surface area contributed by atoms with Crippen LogP contribution in [0.3, 0.4) is 0 Å². The number of nitrogens with zero attached hydrogens (tertiary/aromatic N) is 1. The minimum absolute atomic E-state index is 0.00431. The lowest BCUT2D eigenvalue weighted by Crippen LogP contribution is -2.26. The highest BCUT2D eigenvalue weighted by atomic mass is 16.3. The van der Waals surface area contributed by atoms with Crippen LogP contribution in [0.2, 0.25) is 0 Å². The molecule has 3 nitrogen and oxygen atoms in total. The van der Waals surface area contributed by atoms with Crippen LogP contribution < -0.4 is 10.3 Å². The van der Waals surface area contributed by atoms with Crippen molar-refractivity contribution in [3.8, 4) is 22.3 Å². The van der Waals surface area contributed by atoms with Gasteiger partial charge in [-0.05, 0) is 93.5 Å².